The van der Waals surface area contributed by atoms with Crippen molar-refractivity contribution in [1.29, 1.82) is 5.26 Å². The molecule has 0 unspecified atom stereocenters. The Morgan fingerprint density at radius 2 is 1.66 bits per heavy atom. The molecule has 2 aromatic heterocycles. The summed E-state index contributed by atoms with van der Waals surface area (Å²) in [5, 5.41) is 10.1. The van der Waals surface area contributed by atoms with Crippen molar-refractivity contribution in [3.63, 3.8) is 0 Å². The van der Waals surface area contributed by atoms with E-state index in [4.69, 9.17) is 23.2 Å². The van der Waals surface area contributed by atoms with Crippen molar-refractivity contribution < 1.29 is 9.18 Å². The molecule has 1 aromatic carbocycles. The summed E-state index contributed by atoms with van der Waals surface area (Å²) in [6, 6.07) is 14.5. The topological polar surface area (TPSA) is 79.6 Å². The van der Waals surface area contributed by atoms with E-state index in [0.717, 1.165) is 31.9 Å². The quantitative estimate of drug-likeness (QED) is 0.471. The number of nitriles is 1. The number of para-hydroxylation sites is 1. The maximum Gasteiger partial charge on any atom is 0.274 e. The van der Waals surface area contributed by atoms with Crippen LogP contribution in [0.3, 0.4) is 0 Å². The average molecular weight is 554 g/mol. The van der Waals surface area contributed by atoms with Gasteiger partial charge in [0, 0.05) is 58.9 Å². The fourth-order valence-electron chi connectivity index (χ4n) is 4.81. The molecule has 3 aromatic rings. The molecule has 196 valence electrons. The van der Waals surface area contributed by atoms with Crippen LogP contribution in [-0.4, -0.2) is 78.0 Å². The first kappa shape index (κ1) is 26.2. The van der Waals surface area contributed by atoms with Gasteiger partial charge in [-0.05, 0) is 30.3 Å². The van der Waals surface area contributed by atoms with E-state index in [0.29, 0.717) is 54.8 Å². The molecule has 0 bridgehead atoms. The number of nitrogens with zero attached hydrogens (tertiary/aromatic N) is 7. The van der Waals surface area contributed by atoms with Gasteiger partial charge in [0.25, 0.3) is 5.91 Å². The number of halogens is 3. The second-order valence-corrected chi connectivity index (χ2v) is 10.1. The number of hydrogen-bond acceptors (Lipinski definition) is 7. The molecule has 2 fully saturated rings. The van der Waals surface area contributed by atoms with E-state index in [1.54, 1.807) is 17.0 Å². The minimum Gasteiger partial charge on any atom is -0.368 e. The van der Waals surface area contributed by atoms with Crippen molar-refractivity contribution >= 4 is 40.6 Å². The van der Waals surface area contributed by atoms with Gasteiger partial charge in [-0.25, -0.2) is 14.4 Å². The number of aromatic nitrogens is 2. The molecule has 2 aliphatic heterocycles. The minimum absolute atomic E-state index is 0.195. The Balaban J connectivity index is 1.22. The zero-order valence-corrected chi connectivity index (χ0v) is 22.2. The van der Waals surface area contributed by atoms with Crippen molar-refractivity contribution in [3.05, 3.63) is 81.5 Å². The number of carbonyl (C=O) groups is 1. The highest BCUT2D eigenvalue weighted by molar-refractivity contribution is 6.36. The first-order valence-electron chi connectivity index (χ1n) is 12.4. The number of hydrogen-bond donors (Lipinski definition) is 0. The lowest BCUT2D eigenvalue weighted by Gasteiger charge is -2.36. The number of amides is 1. The van der Waals surface area contributed by atoms with E-state index in [9.17, 15) is 14.4 Å². The van der Waals surface area contributed by atoms with Gasteiger partial charge in [0.05, 0.1) is 33.2 Å². The predicted octanol–water partition coefficient (Wildman–Crippen LogP) is 4.08. The van der Waals surface area contributed by atoms with Crippen molar-refractivity contribution in [2.45, 2.75) is 6.54 Å². The van der Waals surface area contributed by atoms with E-state index in [1.807, 2.05) is 29.2 Å². The Morgan fingerprint density at radius 1 is 0.947 bits per heavy atom. The summed E-state index contributed by atoms with van der Waals surface area (Å²) in [7, 11) is 0. The third-order valence-corrected chi connectivity index (χ3v) is 7.53. The maximum atomic E-state index is 13.3. The maximum absolute atomic E-state index is 13.3. The monoisotopic (exact) mass is 553 g/mol. The van der Waals surface area contributed by atoms with Gasteiger partial charge >= 0.3 is 0 Å². The van der Waals surface area contributed by atoms with E-state index >= 15 is 0 Å². The lowest BCUT2D eigenvalue weighted by molar-refractivity contribution is 0.0740. The van der Waals surface area contributed by atoms with Gasteiger partial charge in [-0.2, -0.15) is 5.26 Å². The molecule has 0 saturated carbocycles. The second-order valence-electron chi connectivity index (χ2n) is 9.25. The SMILES string of the molecule is N#Cc1ccccc1N1CCN(Cc2nc(C(=O)N3CCN(c4ccc(F)cn4)CC3)c(Cl)cc2Cl)CC1. The van der Waals surface area contributed by atoms with Gasteiger partial charge in [0.2, 0.25) is 0 Å². The minimum atomic E-state index is -0.381. The van der Waals surface area contributed by atoms with Crippen molar-refractivity contribution in [1.82, 2.24) is 19.8 Å². The number of anilines is 2. The third-order valence-electron chi connectivity index (χ3n) is 6.92. The largest absolute Gasteiger partial charge is 0.368 e. The number of rotatable bonds is 5. The van der Waals surface area contributed by atoms with Crippen molar-refractivity contribution in [2.75, 3.05) is 62.2 Å². The molecule has 8 nitrogen and oxygen atoms in total. The lowest BCUT2D eigenvalue weighted by Crippen LogP contribution is -2.49. The van der Waals surface area contributed by atoms with E-state index in [-0.39, 0.29) is 22.4 Å². The Bertz CT molecular complexity index is 1350. The van der Waals surface area contributed by atoms with Crippen LogP contribution in [0.1, 0.15) is 21.7 Å². The molecule has 0 aliphatic carbocycles. The Hall–Kier alpha value is -3.45. The predicted molar refractivity (Wildman–Crippen MR) is 145 cm³/mol. The zero-order chi connectivity index (χ0) is 26.6. The molecule has 0 radical (unpaired) electrons. The van der Waals surface area contributed by atoms with Crippen LogP contribution in [0, 0.1) is 17.1 Å². The van der Waals surface area contributed by atoms with Crippen LogP contribution >= 0.6 is 23.2 Å². The summed E-state index contributed by atoms with van der Waals surface area (Å²) in [6.45, 7) is 5.65. The van der Waals surface area contributed by atoms with Crippen molar-refractivity contribution in [2.24, 2.45) is 0 Å². The van der Waals surface area contributed by atoms with E-state index in [1.165, 1.54) is 12.3 Å². The fraction of sp³-hybridized carbons (Fsp3) is 0.333. The number of pyridine rings is 2. The van der Waals surface area contributed by atoms with Crippen LogP contribution < -0.4 is 9.80 Å². The number of benzene rings is 1. The molecule has 38 heavy (non-hydrogen) atoms. The van der Waals surface area contributed by atoms with Crippen LogP contribution in [0.2, 0.25) is 10.0 Å². The van der Waals surface area contributed by atoms with Gasteiger partial charge in [0.15, 0.2) is 0 Å². The standard InChI is InChI=1S/C27H26Cl2FN7O/c28-21-15-22(29)26(27(38)37-13-11-36(12-14-37)25-6-5-20(30)17-32-25)33-23(21)18-34-7-9-35(10-8-34)24-4-2-1-3-19(24)16-31/h1-6,15,17H,7-14,18H2. The fourth-order valence-corrected chi connectivity index (χ4v) is 5.31. The Labute approximate surface area is 230 Å². The van der Waals surface area contributed by atoms with Crippen LogP contribution in [0.4, 0.5) is 15.9 Å². The average Bonchev–Trinajstić information content (AvgIpc) is 2.95. The Morgan fingerprint density at radius 3 is 2.34 bits per heavy atom. The molecular formula is C27H26Cl2FN7O. The molecule has 1 amide bonds. The highest BCUT2D eigenvalue weighted by Gasteiger charge is 2.27. The third kappa shape index (κ3) is 5.68. The van der Waals surface area contributed by atoms with Crippen LogP contribution in [0.5, 0.6) is 0 Å². The van der Waals surface area contributed by atoms with Gasteiger partial charge < -0.3 is 14.7 Å². The molecule has 11 heteroatoms. The zero-order valence-electron chi connectivity index (χ0n) is 20.7. The summed E-state index contributed by atoms with van der Waals surface area (Å²) in [5.74, 6) is 0.0604. The van der Waals surface area contributed by atoms with Gasteiger partial charge in [-0.3, -0.25) is 9.69 Å². The molecule has 0 N–H and O–H groups in total. The molecular weight excluding hydrogens is 528 g/mol. The summed E-state index contributed by atoms with van der Waals surface area (Å²) in [6.07, 6.45) is 1.19. The first-order valence-corrected chi connectivity index (χ1v) is 13.2. The lowest BCUT2D eigenvalue weighted by atomic mass is 10.1. The Kier molecular flexibility index (Phi) is 7.93. The number of piperazine rings is 2. The molecule has 2 aliphatic rings. The van der Waals surface area contributed by atoms with Crippen LogP contribution in [0.25, 0.3) is 0 Å². The highest BCUT2D eigenvalue weighted by atomic mass is 35.5. The molecule has 5 rings (SSSR count). The highest BCUT2D eigenvalue weighted by Crippen LogP contribution is 2.27. The van der Waals surface area contributed by atoms with Crippen LogP contribution in [0.15, 0.2) is 48.7 Å². The molecule has 2 saturated heterocycles. The number of carbonyl (C=O) groups excluding carboxylic acids is 1. The summed E-state index contributed by atoms with van der Waals surface area (Å²) < 4.78 is 13.2. The second kappa shape index (κ2) is 11.5. The van der Waals surface area contributed by atoms with Crippen molar-refractivity contribution in [3.8, 4) is 6.07 Å². The smallest absolute Gasteiger partial charge is 0.274 e. The first-order chi connectivity index (χ1) is 18.4. The van der Waals surface area contributed by atoms with Gasteiger partial charge in [0.1, 0.15) is 23.4 Å². The molecule has 4 heterocycles. The summed E-state index contributed by atoms with van der Waals surface area (Å²) in [5.41, 5.74) is 2.42. The summed E-state index contributed by atoms with van der Waals surface area (Å²) >= 11 is 12.9. The summed E-state index contributed by atoms with van der Waals surface area (Å²) in [4.78, 5) is 30.2. The van der Waals surface area contributed by atoms with Gasteiger partial charge in [-0.1, -0.05) is 35.3 Å². The van der Waals surface area contributed by atoms with Gasteiger partial charge in [-0.15, -0.1) is 0 Å². The van der Waals surface area contributed by atoms with E-state index < -0.39 is 0 Å². The van der Waals surface area contributed by atoms with Crippen LogP contribution in [-0.2, 0) is 6.54 Å². The van der Waals surface area contributed by atoms with E-state index in [2.05, 4.69) is 25.8 Å². The molecule has 0 atom stereocenters. The normalized spacial score (nSPS) is 16.4. The molecule has 0 spiro atoms.